The molecular formula is C21H25N3O5. The first-order valence-electron chi connectivity index (χ1n) is 9.76. The minimum atomic E-state index is -0.409. The lowest BCUT2D eigenvalue weighted by molar-refractivity contribution is 0.0281. The number of amides is 1. The van der Waals surface area contributed by atoms with Crippen molar-refractivity contribution in [2.45, 2.75) is 32.0 Å². The van der Waals surface area contributed by atoms with Crippen molar-refractivity contribution in [3.63, 3.8) is 0 Å². The molecule has 2 aliphatic rings. The summed E-state index contributed by atoms with van der Waals surface area (Å²) in [4.78, 5) is 29.9. The number of fused-ring (bicyclic) bond motifs is 1. The number of carbonyl (C=O) groups is 1. The van der Waals surface area contributed by atoms with Crippen LogP contribution in [0.15, 0.2) is 35.1 Å². The minimum Gasteiger partial charge on any atom is -0.454 e. The van der Waals surface area contributed by atoms with E-state index in [1.54, 1.807) is 25.3 Å². The molecule has 29 heavy (non-hydrogen) atoms. The summed E-state index contributed by atoms with van der Waals surface area (Å²) >= 11 is 0. The average Bonchev–Trinajstić information content (AvgIpc) is 3.20. The van der Waals surface area contributed by atoms with E-state index in [9.17, 15) is 9.59 Å². The van der Waals surface area contributed by atoms with Crippen molar-refractivity contribution in [2.75, 3.05) is 27.0 Å². The van der Waals surface area contributed by atoms with E-state index in [1.165, 1.54) is 0 Å². The second kappa shape index (κ2) is 8.67. The zero-order valence-electron chi connectivity index (χ0n) is 16.4. The first-order valence-corrected chi connectivity index (χ1v) is 9.76. The largest absolute Gasteiger partial charge is 0.454 e. The molecule has 1 aromatic heterocycles. The molecule has 0 unspecified atom stereocenters. The third kappa shape index (κ3) is 4.60. The van der Waals surface area contributed by atoms with Crippen molar-refractivity contribution < 1.29 is 19.0 Å². The summed E-state index contributed by atoms with van der Waals surface area (Å²) in [6.45, 7) is 2.95. The maximum atomic E-state index is 12.4. The first-order chi connectivity index (χ1) is 14.1. The number of pyridine rings is 1. The van der Waals surface area contributed by atoms with Crippen LogP contribution in [0.2, 0.25) is 0 Å². The molecule has 0 bridgehead atoms. The van der Waals surface area contributed by atoms with Gasteiger partial charge in [-0.05, 0) is 49.2 Å². The van der Waals surface area contributed by atoms with Crippen molar-refractivity contribution in [3.05, 3.63) is 57.5 Å². The van der Waals surface area contributed by atoms with Gasteiger partial charge >= 0.3 is 0 Å². The van der Waals surface area contributed by atoms with E-state index in [2.05, 4.69) is 15.2 Å². The Morgan fingerprint density at radius 3 is 2.97 bits per heavy atom. The normalized spacial score (nSPS) is 18.6. The number of rotatable bonds is 6. The maximum absolute atomic E-state index is 12.4. The number of nitrogens with one attached hydrogen (secondary N) is 2. The molecule has 8 nitrogen and oxygen atoms in total. The van der Waals surface area contributed by atoms with E-state index < -0.39 is 5.91 Å². The van der Waals surface area contributed by atoms with E-state index in [0.717, 1.165) is 37.2 Å². The summed E-state index contributed by atoms with van der Waals surface area (Å²) in [6, 6.07) is 8.86. The van der Waals surface area contributed by atoms with Crippen molar-refractivity contribution in [1.82, 2.24) is 15.2 Å². The molecule has 0 spiro atoms. The number of aromatic amines is 1. The Bertz CT molecular complexity index is 942. The third-order valence-corrected chi connectivity index (χ3v) is 5.29. The fraction of sp³-hybridized carbons (Fsp3) is 0.429. The molecule has 2 aromatic rings. The molecule has 1 aromatic carbocycles. The van der Waals surface area contributed by atoms with Gasteiger partial charge in [-0.25, -0.2) is 0 Å². The van der Waals surface area contributed by atoms with Gasteiger partial charge in [0.1, 0.15) is 5.56 Å². The summed E-state index contributed by atoms with van der Waals surface area (Å²) in [7, 11) is 1.73. The van der Waals surface area contributed by atoms with Crippen LogP contribution < -0.4 is 20.3 Å². The number of ether oxygens (including phenoxy) is 3. The van der Waals surface area contributed by atoms with Crippen LogP contribution in [-0.2, 0) is 17.8 Å². The Kier molecular flexibility index (Phi) is 5.82. The summed E-state index contributed by atoms with van der Waals surface area (Å²) in [6.07, 6.45) is 2.37. The quantitative estimate of drug-likeness (QED) is 0.767. The Morgan fingerprint density at radius 2 is 2.14 bits per heavy atom. The Labute approximate surface area is 168 Å². The number of aromatic nitrogens is 1. The van der Waals surface area contributed by atoms with Gasteiger partial charge in [0.2, 0.25) is 6.79 Å². The van der Waals surface area contributed by atoms with Crippen molar-refractivity contribution in [3.8, 4) is 11.5 Å². The van der Waals surface area contributed by atoms with Crippen LogP contribution in [0.1, 0.15) is 34.5 Å². The van der Waals surface area contributed by atoms with Gasteiger partial charge in [0, 0.05) is 32.4 Å². The Balaban J connectivity index is 1.36. The van der Waals surface area contributed by atoms with E-state index in [0.29, 0.717) is 24.6 Å². The highest BCUT2D eigenvalue weighted by atomic mass is 16.7. The van der Waals surface area contributed by atoms with Gasteiger partial charge in [-0.2, -0.15) is 0 Å². The molecule has 1 fully saturated rings. The van der Waals surface area contributed by atoms with Crippen molar-refractivity contribution in [2.24, 2.45) is 0 Å². The second-order valence-electron chi connectivity index (χ2n) is 7.33. The standard InChI is InChI=1S/C21H25N3O5/c1-27-16-3-2-8-24(12-16)11-15-5-6-17(21(26)23-15)20(25)22-10-14-4-7-18-19(9-14)29-13-28-18/h4-7,9,16H,2-3,8,10-13H2,1H3,(H,22,25)(H,23,26)/t16-/m1/s1. The number of nitrogens with zero attached hydrogens (tertiary/aromatic N) is 1. The van der Waals surface area contributed by atoms with Crippen LogP contribution in [0.3, 0.4) is 0 Å². The fourth-order valence-electron chi connectivity index (χ4n) is 3.70. The maximum Gasteiger partial charge on any atom is 0.261 e. The summed E-state index contributed by atoms with van der Waals surface area (Å²) in [5.41, 5.74) is 1.38. The molecule has 1 atom stereocenters. The summed E-state index contributed by atoms with van der Waals surface area (Å²) in [5, 5.41) is 2.78. The van der Waals surface area contributed by atoms with Gasteiger partial charge in [-0.3, -0.25) is 14.5 Å². The van der Waals surface area contributed by atoms with Crippen molar-refractivity contribution >= 4 is 5.91 Å². The molecule has 2 N–H and O–H groups in total. The molecule has 154 valence electrons. The number of hydrogen-bond acceptors (Lipinski definition) is 6. The van der Waals surface area contributed by atoms with Crippen LogP contribution in [0.5, 0.6) is 11.5 Å². The predicted molar refractivity (Wildman–Crippen MR) is 106 cm³/mol. The van der Waals surface area contributed by atoms with Gasteiger partial charge < -0.3 is 24.5 Å². The third-order valence-electron chi connectivity index (χ3n) is 5.29. The monoisotopic (exact) mass is 399 g/mol. The zero-order valence-corrected chi connectivity index (χ0v) is 16.4. The predicted octanol–water partition coefficient (Wildman–Crippen LogP) is 1.64. The summed E-state index contributed by atoms with van der Waals surface area (Å²) < 4.78 is 16.1. The fourth-order valence-corrected chi connectivity index (χ4v) is 3.70. The smallest absolute Gasteiger partial charge is 0.261 e. The lowest BCUT2D eigenvalue weighted by Crippen LogP contribution is -2.39. The van der Waals surface area contributed by atoms with Crippen LogP contribution in [0.4, 0.5) is 0 Å². The van der Waals surface area contributed by atoms with E-state index in [-0.39, 0.29) is 24.0 Å². The minimum absolute atomic E-state index is 0.0999. The molecule has 1 saturated heterocycles. The molecule has 0 saturated carbocycles. The van der Waals surface area contributed by atoms with E-state index in [1.807, 2.05) is 12.1 Å². The van der Waals surface area contributed by atoms with Crippen LogP contribution in [0, 0.1) is 0 Å². The van der Waals surface area contributed by atoms with E-state index in [4.69, 9.17) is 14.2 Å². The highest BCUT2D eigenvalue weighted by molar-refractivity contribution is 5.93. The average molecular weight is 399 g/mol. The molecule has 0 radical (unpaired) electrons. The zero-order chi connectivity index (χ0) is 20.2. The highest BCUT2D eigenvalue weighted by Gasteiger charge is 2.20. The van der Waals surface area contributed by atoms with Crippen molar-refractivity contribution in [1.29, 1.82) is 0 Å². The molecule has 0 aliphatic carbocycles. The van der Waals surface area contributed by atoms with Gasteiger partial charge in [0.05, 0.1) is 6.10 Å². The SMILES string of the molecule is CO[C@@H]1CCCN(Cc2ccc(C(=O)NCc3ccc4c(c3)OCO4)c(=O)[nH]2)C1. The number of likely N-dealkylation sites (tertiary alicyclic amines) is 1. The lowest BCUT2D eigenvalue weighted by Gasteiger charge is -2.31. The van der Waals surface area contributed by atoms with Crippen LogP contribution in [0.25, 0.3) is 0 Å². The Hall–Kier alpha value is -2.84. The van der Waals surface area contributed by atoms with E-state index >= 15 is 0 Å². The van der Waals surface area contributed by atoms with Gasteiger partial charge in [-0.15, -0.1) is 0 Å². The summed E-state index contributed by atoms with van der Waals surface area (Å²) in [5.74, 6) is 0.942. The lowest BCUT2D eigenvalue weighted by atomic mass is 10.1. The van der Waals surface area contributed by atoms with Gasteiger partial charge in [0.15, 0.2) is 11.5 Å². The number of hydrogen-bond donors (Lipinski definition) is 2. The van der Waals surface area contributed by atoms with Crippen LogP contribution >= 0.6 is 0 Å². The number of H-pyrrole nitrogens is 1. The molecular weight excluding hydrogens is 374 g/mol. The number of carbonyl (C=O) groups excluding carboxylic acids is 1. The second-order valence-corrected chi connectivity index (χ2v) is 7.33. The number of piperidine rings is 1. The topological polar surface area (TPSA) is 92.9 Å². The van der Waals surface area contributed by atoms with Gasteiger partial charge in [0.25, 0.3) is 11.5 Å². The highest BCUT2D eigenvalue weighted by Crippen LogP contribution is 2.32. The molecule has 8 heteroatoms. The first kappa shape index (κ1) is 19.5. The molecule has 4 rings (SSSR count). The number of benzene rings is 1. The molecule has 1 amide bonds. The van der Waals surface area contributed by atoms with Crippen LogP contribution in [-0.4, -0.2) is 48.9 Å². The Morgan fingerprint density at radius 1 is 1.28 bits per heavy atom. The number of methoxy groups -OCH3 is 1. The molecule has 3 heterocycles. The molecule has 2 aliphatic heterocycles. The van der Waals surface area contributed by atoms with Gasteiger partial charge in [-0.1, -0.05) is 6.07 Å².